The van der Waals surface area contributed by atoms with Crippen molar-refractivity contribution in [2.45, 2.75) is 52.0 Å². The van der Waals surface area contributed by atoms with Gasteiger partial charge in [0.1, 0.15) is 0 Å². The Kier molecular flexibility index (Phi) is 4.66. The lowest BCUT2D eigenvalue weighted by atomic mass is 10.0. The third-order valence-corrected chi connectivity index (χ3v) is 4.40. The van der Waals surface area contributed by atoms with E-state index in [1.165, 1.54) is 58.3 Å². The average Bonchev–Trinajstić information content (AvgIpc) is 3.05. The molecule has 2 rings (SSSR count). The largest absolute Gasteiger partial charge is 0.316 e. The van der Waals surface area contributed by atoms with E-state index in [0.29, 0.717) is 0 Å². The van der Waals surface area contributed by atoms with Crippen LogP contribution in [0, 0.1) is 11.8 Å². The molecule has 0 bridgehead atoms. The van der Waals surface area contributed by atoms with Crippen LogP contribution in [0.25, 0.3) is 0 Å². The molecule has 0 aromatic heterocycles. The van der Waals surface area contributed by atoms with Crippen LogP contribution in [0.2, 0.25) is 0 Å². The number of nitrogens with zero attached hydrogens (tertiary/aromatic N) is 1. The van der Waals surface area contributed by atoms with Gasteiger partial charge in [0, 0.05) is 12.6 Å². The lowest BCUT2D eigenvalue weighted by molar-refractivity contribution is 0.309. The van der Waals surface area contributed by atoms with Gasteiger partial charge in [0.25, 0.3) is 0 Å². The predicted octanol–water partition coefficient (Wildman–Crippen LogP) is 2.50. The molecule has 0 aromatic rings. The van der Waals surface area contributed by atoms with E-state index in [4.69, 9.17) is 0 Å². The molecular formula is C14H28N2. The highest BCUT2D eigenvalue weighted by atomic mass is 15.2. The van der Waals surface area contributed by atoms with Crippen LogP contribution in [-0.4, -0.2) is 37.1 Å². The predicted molar refractivity (Wildman–Crippen MR) is 69.6 cm³/mol. The Bertz CT molecular complexity index is 197. The van der Waals surface area contributed by atoms with Gasteiger partial charge in [-0.2, -0.15) is 0 Å². The zero-order valence-electron chi connectivity index (χ0n) is 11.0. The Balaban J connectivity index is 1.56. The van der Waals surface area contributed by atoms with E-state index in [2.05, 4.69) is 24.1 Å². The number of nitrogens with one attached hydrogen (secondary N) is 1. The molecule has 2 nitrogen and oxygen atoms in total. The van der Waals surface area contributed by atoms with Crippen molar-refractivity contribution in [2.75, 3.05) is 26.2 Å². The minimum Gasteiger partial charge on any atom is -0.316 e. The molecule has 2 heteroatoms. The summed E-state index contributed by atoms with van der Waals surface area (Å²) < 4.78 is 0. The van der Waals surface area contributed by atoms with Crippen molar-refractivity contribution >= 4 is 0 Å². The van der Waals surface area contributed by atoms with Crippen molar-refractivity contribution < 1.29 is 0 Å². The first-order chi connectivity index (χ1) is 7.83. The first-order valence-corrected chi connectivity index (χ1v) is 7.28. The van der Waals surface area contributed by atoms with Crippen LogP contribution in [-0.2, 0) is 0 Å². The van der Waals surface area contributed by atoms with Gasteiger partial charge in [0.05, 0.1) is 0 Å². The van der Waals surface area contributed by atoms with Crippen molar-refractivity contribution in [2.24, 2.45) is 11.8 Å². The average molecular weight is 224 g/mol. The fourth-order valence-electron chi connectivity index (χ4n) is 2.87. The molecule has 0 aromatic carbocycles. The summed E-state index contributed by atoms with van der Waals surface area (Å²) in [5.41, 5.74) is 0. The van der Waals surface area contributed by atoms with Crippen LogP contribution in [0.4, 0.5) is 0 Å². The van der Waals surface area contributed by atoms with E-state index < -0.39 is 0 Å². The second-order valence-corrected chi connectivity index (χ2v) is 5.72. The molecule has 1 N–H and O–H groups in total. The topological polar surface area (TPSA) is 15.3 Å². The second kappa shape index (κ2) is 6.02. The van der Waals surface area contributed by atoms with Crippen LogP contribution in [0.3, 0.4) is 0 Å². The van der Waals surface area contributed by atoms with Crippen molar-refractivity contribution in [3.63, 3.8) is 0 Å². The van der Waals surface area contributed by atoms with Crippen LogP contribution >= 0.6 is 0 Å². The quantitative estimate of drug-likeness (QED) is 0.715. The third kappa shape index (κ3) is 3.46. The summed E-state index contributed by atoms with van der Waals surface area (Å²) in [6, 6.07) is 0.976. The van der Waals surface area contributed by atoms with Crippen LogP contribution in [0.1, 0.15) is 46.0 Å². The van der Waals surface area contributed by atoms with Gasteiger partial charge in [-0.25, -0.2) is 0 Å². The highest BCUT2D eigenvalue weighted by Crippen LogP contribution is 2.31. The van der Waals surface area contributed by atoms with E-state index in [-0.39, 0.29) is 0 Å². The number of rotatable bonds is 7. The molecule has 1 unspecified atom stereocenters. The molecule has 0 amide bonds. The molecule has 1 aliphatic carbocycles. The fourth-order valence-corrected chi connectivity index (χ4v) is 2.87. The standard InChI is InChI=1S/C14H28N2/c1-3-12(4-2)9-15-10-13-7-8-16(11-13)14-5-6-14/h12-15H,3-11H2,1-2H3. The molecule has 16 heavy (non-hydrogen) atoms. The molecule has 1 aliphatic heterocycles. The van der Waals surface area contributed by atoms with Gasteiger partial charge in [-0.1, -0.05) is 26.7 Å². The van der Waals surface area contributed by atoms with E-state index in [1.807, 2.05) is 0 Å². The number of likely N-dealkylation sites (tertiary alicyclic amines) is 1. The lowest BCUT2D eigenvalue weighted by Gasteiger charge is -2.17. The monoisotopic (exact) mass is 224 g/mol. The minimum absolute atomic E-state index is 0.890. The molecular weight excluding hydrogens is 196 g/mol. The Hall–Kier alpha value is -0.0800. The first-order valence-electron chi connectivity index (χ1n) is 7.28. The minimum atomic E-state index is 0.890. The maximum absolute atomic E-state index is 3.68. The Morgan fingerprint density at radius 1 is 1.19 bits per heavy atom. The van der Waals surface area contributed by atoms with Crippen LogP contribution in [0.15, 0.2) is 0 Å². The fraction of sp³-hybridized carbons (Fsp3) is 1.00. The maximum atomic E-state index is 3.68. The summed E-state index contributed by atoms with van der Waals surface area (Å²) in [4.78, 5) is 2.71. The van der Waals surface area contributed by atoms with E-state index in [9.17, 15) is 0 Å². The molecule has 1 saturated heterocycles. The molecule has 1 atom stereocenters. The van der Waals surface area contributed by atoms with Gasteiger partial charge in [-0.15, -0.1) is 0 Å². The normalized spacial score (nSPS) is 26.8. The number of hydrogen-bond acceptors (Lipinski definition) is 2. The van der Waals surface area contributed by atoms with Crippen molar-refractivity contribution in [1.29, 1.82) is 0 Å². The Morgan fingerprint density at radius 3 is 2.56 bits per heavy atom. The van der Waals surface area contributed by atoms with Gasteiger partial charge in [0.15, 0.2) is 0 Å². The van der Waals surface area contributed by atoms with Crippen LogP contribution in [0.5, 0.6) is 0 Å². The molecule has 2 fully saturated rings. The van der Waals surface area contributed by atoms with E-state index in [0.717, 1.165) is 17.9 Å². The zero-order chi connectivity index (χ0) is 11.4. The Morgan fingerprint density at radius 2 is 1.94 bits per heavy atom. The summed E-state index contributed by atoms with van der Waals surface area (Å²) in [5.74, 6) is 1.82. The number of hydrogen-bond donors (Lipinski definition) is 1. The van der Waals surface area contributed by atoms with Gasteiger partial charge in [0.2, 0.25) is 0 Å². The van der Waals surface area contributed by atoms with Gasteiger partial charge < -0.3 is 10.2 Å². The van der Waals surface area contributed by atoms with Crippen molar-refractivity contribution in [1.82, 2.24) is 10.2 Å². The summed E-state index contributed by atoms with van der Waals surface area (Å²) in [6.45, 7) is 9.82. The second-order valence-electron chi connectivity index (χ2n) is 5.72. The Labute approximate surface area is 101 Å². The maximum Gasteiger partial charge on any atom is 0.00965 e. The van der Waals surface area contributed by atoms with Gasteiger partial charge >= 0.3 is 0 Å². The molecule has 1 saturated carbocycles. The summed E-state index contributed by atoms with van der Waals surface area (Å²) in [5, 5.41) is 3.68. The molecule has 94 valence electrons. The van der Waals surface area contributed by atoms with E-state index >= 15 is 0 Å². The van der Waals surface area contributed by atoms with Crippen molar-refractivity contribution in [3.8, 4) is 0 Å². The highest BCUT2D eigenvalue weighted by Gasteiger charge is 2.33. The van der Waals surface area contributed by atoms with Crippen molar-refractivity contribution in [3.05, 3.63) is 0 Å². The van der Waals surface area contributed by atoms with Gasteiger partial charge in [-0.05, 0) is 50.7 Å². The molecule has 0 spiro atoms. The third-order valence-electron chi connectivity index (χ3n) is 4.40. The highest BCUT2D eigenvalue weighted by molar-refractivity contribution is 4.89. The smallest absolute Gasteiger partial charge is 0.00965 e. The summed E-state index contributed by atoms with van der Waals surface area (Å²) in [7, 11) is 0. The summed E-state index contributed by atoms with van der Waals surface area (Å²) >= 11 is 0. The molecule has 2 aliphatic rings. The summed E-state index contributed by atoms with van der Waals surface area (Å²) in [6.07, 6.45) is 7.00. The SMILES string of the molecule is CCC(CC)CNCC1CCN(C2CC2)C1. The lowest BCUT2D eigenvalue weighted by Crippen LogP contribution is -2.30. The van der Waals surface area contributed by atoms with E-state index in [1.54, 1.807) is 0 Å². The zero-order valence-corrected chi connectivity index (χ0v) is 11.0. The van der Waals surface area contributed by atoms with Crippen LogP contribution < -0.4 is 5.32 Å². The molecule has 0 radical (unpaired) electrons. The van der Waals surface area contributed by atoms with Gasteiger partial charge in [-0.3, -0.25) is 0 Å². The first kappa shape index (κ1) is 12.4. The molecule has 1 heterocycles.